The van der Waals surface area contributed by atoms with E-state index in [4.69, 9.17) is 0 Å². The van der Waals surface area contributed by atoms with E-state index in [1.54, 1.807) is 13.0 Å². The van der Waals surface area contributed by atoms with E-state index in [0.29, 0.717) is 12.1 Å². The van der Waals surface area contributed by atoms with Crippen LogP contribution in [0.2, 0.25) is 0 Å². The van der Waals surface area contributed by atoms with Crippen LogP contribution in [0.25, 0.3) is 0 Å². The van der Waals surface area contributed by atoms with Crippen LogP contribution in [0, 0.1) is 5.41 Å². The van der Waals surface area contributed by atoms with Gasteiger partial charge < -0.3 is 10.6 Å². The van der Waals surface area contributed by atoms with Crippen molar-refractivity contribution >= 4 is 5.91 Å². The number of piperidine rings is 1. The molecule has 2 atom stereocenters. The van der Waals surface area contributed by atoms with Gasteiger partial charge in [-0.3, -0.25) is 4.79 Å². The molecule has 0 aliphatic carbocycles. The third kappa shape index (κ3) is 3.80. The molecule has 2 rings (SSSR count). The van der Waals surface area contributed by atoms with Crippen LogP contribution in [-0.2, 0) is 11.0 Å². The molecule has 0 bridgehead atoms. The molecule has 0 radical (unpaired) electrons. The molecule has 1 fully saturated rings. The maximum Gasteiger partial charge on any atom is 0.416 e. The monoisotopic (exact) mass is 314 g/mol. The van der Waals surface area contributed by atoms with Gasteiger partial charge in [-0.2, -0.15) is 13.2 Å². The highest BCUT2D eigenvalue weighted by atomic mass is 19.4. The first kappa shape index (κ1) is 16.8. The van der Waals surface area contributed by atoms with E-state index < -0.39 is 23.2 Å². The van der Waals surface area contributed by atoms with Crippen LogP contribution in [0.1, 0.15) is 43.9 Å². The minimum Gasteiger partial charge on any atom is -0.349 e. The van der Waals surface area contributed by atoms with Crippen molar-refractivity contribution in [1.82, 2.24) is 10.6 Å². The molecule has 1 saturated heterocycles. The Bertz CT molecular complexity index is 536. The first-order valence-corrected chi connectivity index (χ1v) is 7.41. The van der Waals surface area contributed by atoms with Crippen molar-refractivity contribution < 1.29 is 18.0 Å². The Morgan fingerprint density at radius 1 is 1.41 bits per heavy atom. The Labute approximate surface area is 128 Å². The number of rotatable bonds is 3. The zero-order chi connectivity index (χ0) is 16.4. The Balaban J connectivity index is 2.09. The molecule has 1 aromatic carbocycles. The second-order valence-corrected chi connectivity index (χ2v) is 6.16. The highest BCUT2D eigenvalue weighted by Gasteiger charge is 2.35. The van der Waals surface area contributed by atoms with Gasteiger partial charge in [-0.1, -0.05) is 12.1 Å². The van der Waals surface area contributed by atoms with E-state index in [9.17, 15) is 18.0 Å². The second-order valence-electron chi connectivity index (χ2n) is 6.16. The summed E-state index contributed by atoms with van der Waals surface area (Å²) < 4.78 is 38.3. The number of halogens is 3. The Morgan fingerprint density at radius 2 is 2.14 bits per heavy atom. The normalized spacial score (nSPS) is 23.9. The van der Waals surface area contributed by atoms with Gasteiger partial charge in [0.05, 0.1) is 17.0 Å². The fraction of sp³-hybridized carbons (Fsp3) is 0.562. The number of carbonyl (C=O) groups excluding carboxylic acids is 1. The highest BCUT2D eigenvalue weighted by molar-refractivity contribution is 5.83. The lowest BCUT2D eigenvalue weighted by molar-refractivity contribution is -0.137. The first-order valence-electron chi connectivity index (χ1n) is 7.41. The van der Waals surface area contributed by atoms with Crippen molar-refractivity contribution in [2.75, 3.05) is 13.1 Å². The Morgan fingerprint density at radius 3 is 2.73 bits per heavy atom. The van der Waals surface area contributed by atoms with Gasteiger partial charge in [0, 0.05) is 6.54 Å². The number of hydrogen-bond acceptors (Lipinski definition) is 2. The molecule has 122 valence electrons. The zero-order valence-electron chi connectivity index (χ0n) is 12.8. The lowest BCUT2D eigenvalue weighted by Crippen LogP contribution is -2.49. The van der Waals surface area contributed by atoms with Gasteiger partial charge in [0.25, 0.3) is 0 Å². The van der Waals surface area contributed by atoms with E-state index in [1.165, 1.54) is 6.07 Å². The van der Waals surface area contributed by atoms with Gasteiger partial charge in [-0.15, -0.1) is 0 Å². The molecule has 0 aromatic heterocycles. The SMILES string of the molecule is CC(NC(=O)C1(C)CCCNC1)c1cccc(C(F)(F)F)c1. The van der Waals surface area contributed by atoms with E-state index in [-0.39, 0.29) is 5.91 Å². The maximum atomic E-state index is 12.8. The first-order chi connectivity index (χ1) is 10.2. The molecule has 0 saturated carbocycles. The molecule has 1 heterocycles. The van der Waals surface area contributed by atoms with Crippen molar-refractivity contribution in [2.45, 2.75) is 38.9 Å². The standard InChI is InChI=1S/C16H21F3N2O/c1-11(12-5-3-6-13(9-12)16(17,18)19)21-14(22)15(2)7-4-8-20-10-15/h3,5-6,9,11,20H,4,7-8,10H2,1-2H3,(H,21,22). The lowest BCUT2D eigenvalue weighted by Gasteiger charge is -2.33. The largest absolute Gasteiger partial charge is 0.416 e. The average molecular weight is 314 g/mol. The number of hydrogen-bond donors (Lipinski definition) is 2. The fourth-order valence-electron chi connectivity index (χ4n) is 2.69. The number of benzene rings is 1. The van der Waals surface area contributed by atoms with E-state index >= 15 is 0 Å². The van der Waals surface area contributed by atoms with Crippen LogP contribution in [0.4, 0.5) is 13.2 Å². The molecule has 6 heteroatoms. The van der Waals surface area contributed by atoms with Gasteiger partial charge in [-0.25, -0.2) is 0 Å². The number of alkyl halides is 3. The van der Waals surface area contributed by atoms with Crippen LogP contribution in [-0.4, -0.2) is 19.0 Å². The topological polar surface area (TPSA) is 41.1 Å². The summed E-state index contributed by atoms with van der Waals surface area (Å²) >= 11 is 0. The predicted molar refractivity (Wildman–Crippen MR) is 78.2 cm³/mol. The van der Waals surface area contributed by atoms with Crippen molar-refractivity contribution in [3.8, 4) is 0 Å². The highest BCUT2D eigenvalue weighted by Crippen LogP contribution is 2.31. The summed E-state index contributed by atoms with van der Waals surface area (Å²) in [6.07, 6.45) is -2.68. The van der Waals surface area contributed by atoms with Crippen molar-refractivity contribution in [3.63, 3.8) is 0 Å². The van der Waals surface area contributed by atoms with Crippen molar-refractivity contribution in [1.29, 1.82) is 0 Å². The van der Waals surface area contributed by atoms with Crippen molar-refractivity contribution in [3.05, 3.63) is 35.4 Å². The summed E-state index contributed by atoms with van der Waals surface area (Å²) in [6.45, 7) is 5.07. The van der Waals surface area contributed by atoms with Crippen LogP contribution in [0.3, 0.4) is 0 Å². The fourth-order valence-corrected chi connectivity index (χ4v) is 2.69. The molecule has 3 nitrogen and oxygen atoms in total. The molecule has 2 N–H and O–H groups in total. The molecule has 1 aliphatic rings. The second kappa shape index (κ2) is 6.28. The maximum absolute atomic E-state index is 12.8. The minimum atomic E-state index is -4.38. The average Bonchev–Trinajstić information content (AvgIpc) is 2.47. The van der Waals surface area contributed by atoms with Crippen LogP contribution >= 0.6 is 0 Å². The van der Waals surface area contributed by atoms with Gasteiger partial charge >= 0.3 is 6.18 Å². The molecular formula is C16H21F3N2O. The lowest BCUT2D eigenvalue weighted by atomic mass is 9.81. The molecule has 1 aromatic rings. The summed E-state index contributed by atoms with van der Waals surface area (Å²) in [4.78, 5) is 12.4. The molecular weight excluding hydrogens is 293 g/mol. The number of amides is 1. The van der Waals surface area contributed by atoms with Gasteiger partial charge in [-0.05, 0) is 50.9 Å². The smallest absolute Gasteiger partial charge is 0.349 e. The number of nitrogens with one attached hydrogen (secondary N) is 2. The molecule has 0 spiro atoms. The minimum absolute atomic E-state index is 0.121. The van der Waals surface area contributed by atoms with Crippen molar-refractivity contribution in [2.24, 2.45) is 5.41 Å². The summed E-state index contributed by atoms with van der Waals surface area (Å²) in [7, 11) is 0. The quantitative estimate of drug-likeness (QED) is 0.899. The summed E-state index contributed by atoms with van der Waals surface area (Å²) in [5, 5.41) is 6.03. The van der Waals surface area contributed by atoms with Crippen LogP contribution < -0.4 is 10.6 Å². The zero-order valence-corrected chi connectivity index (χ0v) is 12.8. The van der Waals surface area contributed by atoms with Crippen LogP contribution in [0.15, 0.2) is 24.3 Å². The third-order valence-electron chi connectivity index (χ3n) is 4.21. The number of carbonyl (C=O) groups is 1. The molecule has 22 heavy (non-hydrogen) atoms. The Hall–Kier alpha value is -1.56. The van der Waals surface area contributed by atoms with Gasteiger partial charge in [0.2, 0.25) is 5.91 Å². The van der Waals surface area contributed by atoms with E-state index in [2.05, 4.69) is 10.6 Å². The molecule has 1 aliphatic heterocycles. The van der Waals surface area contributed by atoms with E-state index in [0.717, 1.165) is 31.5 Å². The van der Waals surface area contributed by atoms with Crippen LogP contribution in [0.5, 0.6) is 0 Å². The van der Waals surface area contributed by atoms with E-state index in [1.807, 2.05) is 6.92 Å². The van der Waals surface area contributed by atoms with Gasteiger partial charge in [0.15, 0.2) is 0 Å². The third-order valence-corrected chi connectivity index (χ3v) is 4.21. The Kier molecular flexibility index (Phi) is 4.80. The predicted octanol–water partition coefficient (Wildman–Crippen LogP) is 3.27. The summed E-state index contributed by atoms with van der Waals surface area (Å²) in [5.74, 6) is -0.121. The molecule has 2 unspecified atom stereocenters. The summed E-state index contributed by atoms with van der Waals surface area (Å²) in [5.41, 5.74) is -0.749. The molecule has 1 amide bonds. The summed E-state index contributed by atoms with van der Waals surface area (Å²) in [6, 6.07) is 4.62. The van der Waals surface area contributed by atoms with Gasteiger partial charge in [0.1, 0.15) is 0 Å².